The number of aliphatic hydroxyl groups is 2. The van der Waals surface area contributed by atoms with Gasteiger partial charge < -0.3 is 19.7 Å². The predicted octanol–water partition coefficient (Wildman–Crippen LogP) is -0.846. The topological polar surface area (TPSA) is 101 Å². The molecule has 2 aliphatic rings. The Kier molecular flexibility index (Phi) is 2.14. The molecule has 1 unspecified atom stereocenters. The van der Waals surface area contributed by atoms with Crippen LogP contribution in [0, 0.1) is 5.41 Å². The number of aliphatic hydroxyl groups excluding tert-OH is 2. The standard InChI is InChI=1S/C11H15N3O4/c1-10(5-15)7(16)11(2)8(17-10)14-4-3-6(12)13-9(14)18-11/h3-4,7-8,12,15-16H,5H2,1-2H3/t7?,8-,10-,11-/m1/s1. The van der Waals surface area contributed by atoms with E-state index in [0.717, 1.165) is 0 Å². The zero-order valence-electron chi connectivity index (χ0n) is 10.1. The molecule has 1 aromatic heterocycles. The van der Waals surface area contributed by atoms with Crippen LogP contribution in [0.25, 0.3) is 0 Å². The lowest BCUT2D eigenvalue weighted by Crippen LogP contribution is -2.51. The maximum absolute atomic E-state index is 10.3. The first kappa shape index (κ1) is 11.6. The number of aromatic nitrogens is 2. The number of nitrogens with zero attached hydrogens (tertiary/aromatic N) is 2. The van der Waals surface area contributed by atoms with E-state index in [1.165, 1.54) is 6.07 Å². The first-order valence-corrected chi connectivity index (χ1v) is 5.70. The van der Waals surface area contributed by atoms with E-state index in [0.29, 0.717) is 0 Å². The van der Waals surface area contributed by atoms with Crippen LogP contribution in [0.3, 0.4) is 0 Å². The smallest absolute Gasteiger partial charge is 0.301 e. The van der Waals surface area contributed by atoms with E-state index < -0.39 is 23.5 Å². The highest BCUT2D eigenvalue weighted by molar-refractivity contribution is 5.18. The molecule has 1 aromatic rings. The Labute approximate surface area is 103 Å². The SMILES string of the molecule is C[C@]1(CO)O[C@H]2n3ccc(=N)nc3O[C@]2(C)C1O. The molecule has 7 heteroatoms. The fourth-order valence-electron chi connectivity index (χ4n) is 2.60. The average molecular weight is 253 g/mol. The van der Waals surface area contributed by atoms with Gasteiger partial charge in [0.2, 0.25) is 0 Å². The molecule has 1 saturated heterocycles. The number of rotatable bonds is 1. The Morgan fingerprint density at radius 3 is 2.94 bits per heavy atom. The van der Waals surface area contributed by atoms with Gasteiger partial charge in [0.05, 0.1) is 6.61 Å². The van der Waals surface area contributed by atoms with Crippen molar-refractivity contribution >= 4 is 0 Å². The summed E-state index contributed by atoms with van der Waals surface area (Å²) in [5.74, 6) is 0. The molecule has 98 valence electrons. The van der Waals surface area contributed by atoms with Crippen LogP contribution in [0.4, 0.5) is 0 Å². The van der Waals surface area contributed by atoms with Crippen molar-refractivity contribution in [1.82, 2.24) is 9.55 Å². The molecule has 7 nitrogen and oxygen atoms in total. The maximum atomic E-state index is 10.3. The average Bonchev–Trinajstić information content (AvgIpc) is 2.70. The van der Waals surface area contributed by atoms with Gasteiger partial charge in [0.25, 0.3) is 0 Å². The van der Waals surface area contributed by atoms with E-state index in [-0.39, 0.29) is 18.1 Å². The molecular weight excluding hydrogens is 238 g/mol. The van der Waals surface area contributed by atoms with Crippen molar-refractivity contribution < 1.29 is 19.7 Å². The number of hydrogen-bond donors (Lipinski definition) is 3. The zero-order chi connectivity index (χ0) is 13.1. The molecule has 0 radical (unpaired) electrons. The van der Waals surface area contributed by atoms with Gasteiger partial charge in [-0.3, -0.25) is 9.98 Å². The minimum Gasteiger partial charge on any atom is -0.450 e. The summed E-state index contributed by atoms with van der Waals surface area (Å²) in [5, 5.41) is 27.1. The first-order chi connectivity index (χ1) is 8.40. The van der Waals surface area contributed by atoms with Crippen molar-refractivity contribution in [2.24, 2.45) is 0 Å². The fourth-order valence-corrected chi connectivity index (χ4v) is 2.60. The second kappa shape index (κ2) is 3.31. The minimum absolute atomic E-state index is 0.0873. The lowest BCUT2D eigenvalue weighted by Gasteiger charge is -2.29. The molecule has 2 aliphatic heterocycles. The lowest BCUT2D eigenvalue weighted by molar-refractivity contribution is -0.116. The Balaban J connectivity index is 2.10. The summed E-state index contributed by atoms with van der Waals surface area (Å²) in [7, 11) is 0. The van der Waals surface area contributed by atoms with Gasteiger partial charge in [-0.25, -0.2) is 0 Å². The summed E-state index contributed by atoms with van der Waals surface area (Å²) in [5.41, 5.74) is -1.99. The Morgan fingerprint density at radius 2 is 2.28 bits per heavy atom. The van der Waals surface area contributed by atoms with E-state index in [1.807, 2.05) is 0 Å². The number of hydrogen-bond acceptors (Lipinski definition) is 6. The molecule has 0 amide bonds. The van der Waals surface area contributed by atoms with Gasteiger partial charge in [-0.05, 0) is 19.9 Å². The lowest BCUT2D eigenvalue weighted by atomic mass is 9.89. The highest BCUT2D eigenvalue weighted by Gasteiger charge is 2.65. The summed E-state index contributed by atoms with van der Waals surface area (Å²) in [6.45, 7) is 3.04. The van der Waals surface area contributed by atoms with Crippen molar-refractivity contribution in [2.45, 2.75) is 37.4 Å². The van der Waals surface area contributed by atoms with Gasteiger partial charge in [0, 0.05) is 6.20 Å². The van der Waals surface area contributed by atoms with Gasteiger partial charge >= 0.3 is 6.01 Å². The van der Waals surface area contributed by atoms with Gasteiger partial charge in [-0.2, -0.15) is 4.98 Å². The number of nitrogens with one attached hydrogen (secondary N) is 1. The summed E-state index contributed by atoms with van der Waals surface area (Å²) < 4.78 is 13.0. The van der Waals surface area contributed by atoms with E-state index in [9.17, 15) is 10.2 Å². The quantitative estimate of drug-likeness (QED) is 0.605. The number of ether oxygens (including phenoxy) is 2. The molecule has 0 spiro atoms. The van der Waals surface area contributed by atoms with Gasteiger partial charge in [-0.1, -0.05) is 0 Å². The largest absolute Gasteiger partial charge is 0.450 e. The van der Waals surface area contributed by atoms with E-state index in [2.05, 4.69) is 4.98 Å². The second-order valence-electron chi connectivity index (χ2n) is 5.13. The molecule has 0 bridgehead atoms. The second-order valence-corrected chi connectivity index (χ2v) is 5.13. The highest BCUT2D eigenvalue weighted by atomic mass is 16.6. The molecule has 0 aliphatic carbocycles. The van der Waals surface area contributed by atoms with Crippen LogP contribution >= 0.6 is 0 Å². The Hall–Kier alpha value is -1.44. The van der Waals surface area contributed by atoms with Crippen molar-refractivity contribution in [1.29, 1.82) is 5.41 Å². The van der Waals surface area contributed by atoms with Crippen LogP contribution in [-0.4, -0.2) is 43.7 Å². The third-order valence-corrected chi connectivity index (χ3v) is 3.70. The molecule has 18 heavy (non-hydrogen) atoms. The monoisotopic (exact) mass is 253 g/mol. The molecule has 3 heterocycles. The van der Waals surface area contributed by atoms with Crippen LogP contribution < -0.4 is 10.2 Å². The first-order valence-electron chi connectivity index (χ1n) is 5.70. The summed E-state index contributed by atoms with van der Waals surface area (Å²) in [6, 6.07) is 1.76. The van der Waals surface area contributed by atoms with Crippen LogP contribution in [-0.2, 0) is 4.74 Å². The third kappa shape index (κ3) is 1.23. The van der Waals surface area contributed by atoms with Crippen molar-refractivity contribution in [3.63, 3.8) is 0 Å². The van der Waals surface area contributed by atoms with E-state index in [1.54, 1.807) is 24.6 Å². The molecule has 1 fully saturated rings. The Morgan fingerprint density at radius 1 is 1.56 bits per heavy atom. The van der Waals surface area contributed by atoms with Gasteiger partial charge in [0.15, 0.2) is 17.3 Å². The van der Waals surface area contributed by atoms with E-state index >= 15 is 0 Å². The van der Waals surface area contributed by atoms with Gasteiger partial charge in [-0.15, -0.1) is 0 Å². The van der Waals surface area contributed by atoms with E-state index in [4.69, 9.17) is 14.9 Å². The summed E-state index contributed by atoms with van der Waals surface area (Å²) >= 11 is 0. The Bertz CT molecular complexity index is 559. The van der Waals surface area contributed by atoms with Crippen molar-refractivity contribution in [2.75, 3.05) is 6.61 Å². The van der Waals surface area contributed by atoms with Crippen molar-refractivity contribution in [3.8, 4) is 6.01 Å². The molecule has 0 saturated carbocycles. The molecule has 4 atom stereocenters. The molecular formula is C11H15N3O4. The van der Waals surface area contributed by atoms with Crippen LogP contribution in [0.15, 0.2) is 12.3 Å². The normalized spacial score (nSPS) is 41.3. The highest BCUT2D eigenvalue weighted by Crippen LogP contribution is 2.50. The third-order valence-electron chi connectivity index (χ3n) is 3.70. The summed E-state index contributed by atoms with van der Waals surface area (Å²) in [6.07, 6.45) is 0.0831. The van der Waals surface area contributed by atoms with Crippen molar-refractivity contribution in [3.05, 3.63) is 17.8 Å². The minimum atomic E-state index is -1.07. The molecule has 0 aromatic carbocycles. The van der Waals surface area contributed by atoms with Crippen LogP contribution in [0.2, 0.25) is 0 Å². The summed E-state index contributed by atoms with van der Waals surface area (Å²) in [4.78, 5) is 3.94. The maximum Gasteiger partial charge on any atom is 0.301 e. The van der Waals surface area contributed by atoms with Gasteiger partial charge in [0.1, 0.15) is 11.7 Å². The fraction of sp³-hybridized carbons (Fsp3) is 0.636. The predicted molar refractivity (Wildman–Crippen MR) is 58.7 cm³/mol. The van der Waals surface area contributed by atoms with Crippen LogP contribution in [0.1, 0.15) is 20.1 Å². The van der Waals surface area contributed by atoms with Crippen LogP contribution in [0.5, 0.6) is 6.01 Å². The zero-order valence-corrected chi connectivity index (χ0v) is 10.1. The number of fused-ring (bicyclic) bond motifs is 3. The molecule has 3 N–H and O–H groups in total. The molecule has 3 rings (SSSR count).